The molecule has 0 aliphatic heterocycles. The molecule has 1 heterocycles. The molecule has 4 heteroatoms. The maximum atomic E-state index is 9.16. The lowest BCUT2D eigenvalue weighted by molar-refractivity contribution is 0.283. The zero-order valence-electron chi connectivity index (χ0n) is 7.26. The van der Waals surface area contributed by atoms with Gasteiger partial charge in [0.05, 0.1) is 6.61 Å². The monoisotopic (exact) mass is 246 g/mol. The second-order valence-electron chi connectivity index (χ2n) is 2.99. The molecule has 1 aromatic carbocycles. The van der Waals surface area contributed by atoms with Crippen molar-refractivity contribution in [1.82, 2.24) is 0 Å². The zero-order chi connectivity index (χ0) is 10.1. The van der Waals surface area contributed by atoms with E-state index in [1.807, 2.05) is 11.4 Å². The zero-order valence-corrected chi connectivity index (χ0v) is 9.59. The number of rotatable bonds is 2. The fraction of sp³-hybridized carbons (Fsp3) is 0.200. The Morgan fingerprint density at radius 2 is 2.07 bits per heavy atom. The summed E-state index contributed by atoms with van der Waals surface area (Å²) < 4.78 is 1.08. The molecule has 1 aromatic heterocycles. The lowest BCUT2D eigenvalue weighted by Gasteiger charge is -2.01. The van der Waals surface area contributed by atoms with E-state index in [9.17, 15) is 0 Å². The van der Waals surface area contributed by atoms with Gasteiger partial charge in [0.25, 0.3) is 0 Å². The van der Waals surface area contributed by atoms with E-state index in [2.05, 4.69) is 0 Å². The van der Waals surface area contributed by atoms with E-state index < -0.39 is 0 Å². The Balaban J connectivity index is 2.76. The highest BCUT2D eigenvalue weighted by Gasteiger charge is 2.08. The maximum Gasteiger partial charge on any atom is 0.0696 e. The first kappa shape index (κ1) is 10.2. The minimum Gasteiger partial charge on any atom is -0.392 e. The van der Waals surface area contributed by atoms with E-state index in [-0.39, 0.29) is 6.61 Å². The second-order valence-corrected chi connectivity index (χ2v) is 4.58. The van der Waals surface area contributed by atoms with E-state index in [0.717, 1.165) is 21.2 Å². The summed E-state index contributed by atoms with van der Waals surface area (Å²) in [5, 5.41) is 12.9. The van der Waals surface area contributed by atoms with Gasteiger partial charge in [-0.15, -0.1) is 22.9 Å². The van der Waals surface area contributed by atoms with Crippen molar-refractivity contribution in [2.24, 2.45) is 0 Å². The molecule has 0 amide bonds. The van der Waals surface area contributed by atoms with Gasteiger partial charge < -0.3 is 5.11 Å². The second kappa shape index (κ2) is 4.07. The topological polar surface area (TPSA) is 20.2 Å². The van der Waals surface area contributed by atoms with Crippen molar-refractivity contribution >= 4 is 44.6 Å². The van der Waals surface area contributed by atoms with Crippen molar-refractivity contribution in [2.75, 3.05) is 0 Å². The number of aliphatic hydroxyl groups is 1. The third kappa shape index (κ3) is 1.63. The van der Waals surface area contributed by atoms with E-state index >= 15 is 0 Å². The minimum atomic E-state index is 0.0132. The Labute approximate surface area is 95.9 Å². The predicted molar refractivity (Wildman–Crippen MR) is 62.3 cm³/mol. The molecule has 1 nitrogen and oxygen atoms in total. The Morgan fingerprint density at radius 3 is 2.71 bits per heavy atom. The Bertz CT molecular complexity index is 464. The van der Waals surface area contributed by atoms with E-state index in [4.69, 9.17) is 28.3 Å². The molecule has 0 bridgehead atoms. The van der Waals surface area contributed by atoms with Crippen molar-refractivity contribution in [3.8, 4) is 0 Å². The van der Waals surface area contributed by atoms with Crippen LogP contribution >= 0.6 is 34.5 Å². The molecule has 0 fully saturated rings. The van der Waals surface area contributed by atoms with E-state index in [0.29, 0.717) is 10.9 Å². The number of hydrogen-bond acceptors (Lipinski definition) is 2. The molecule has 74 valence electrons. The van der Waals surface area contributed by atoms with Gasteiger partial charge in [-0.1, -0.05) is 11.6 Å². The third-order valence-corrected chi connectivity index (χ3v) is 3.74. The summed E-state index contributed by atoms with van der Waals surface area (Å²) in [5.74, 6) is 0.477. The van der Waals surface area contributed by atoms with Crippen molar-refractivity contribution in [3.63, 3.8) is 0 Å². The number of halogens is 2. The van der Waals surface area contributed by atoms with Crippen LogP contribution in [0, 0.1) is 0 Å². The molecule has 0 aliphatic rings. The van der Waals surface area contributed by atoms with Crippen LogP contribution in [0.3, 0.4) is 0 Å². The normalized spacial score (nSPS) is 11.1. The molecular weight excluding hydrogens is 239 g/mol. The number of fused-ring (bicyclic) bond motifs is 1. The Kier molecular flexibility index (Phi) is 2.98. The number of aliphatic hydroxyl groups excluding tert-OH is 1. The molecule has 0 spiro atoms. The van der Waals surface area contributed by atoms with Gasteiger partial charge in [0.2, 0.25) is 0 Å². The fourth-order valence-corrected chi connectivity index (χ4v) is 3.06. The first-order valence-corrected chi connectivity index (χ1v) is 5.90. The minimum absolute atomic E-state index is 0.0132. The van der Waals surface area contributed by atoms with Crippen molar-refractivity contribution in [1.29, 1.82) is 0 Å². The molecule has 0 aliphatic carbocycles. The highest BCUT2D eigenvalue weighted by Crippen LogP contribution is 2.32. The molecule has 0 unspecified atom stereocenters. The van der Waals surface area contributed by atoms with Gasteiger partial charge >= 0.3 is 0 Å². The molecule has 14 heavy (non-hydrogen) atoms. The highest BCUT2D eigenvalue weighted by atomic mass is 35.5. The SMILES string of the molecule is OCc1cc(Cl)cc2c(CCl)csc12. The molecule has 0 saturated heterocycles. The van der Waals surface area contributed by atoms with Gasteiger partial charge in [0.15, 0.2) is 0 Å². The third-order valence-electron chi connectivity index (χ3n) is 2.11. The van der Waals surface area contributed by atoms with Crippen LogP contribution in [-0.2, 0) is 12.5 Å². The lowest BCUT2D eigenvalue weighted by Crippen LogP contribution is -1.84. The van der Waals surface area contributed by atoms with Crippen LogP contribution in [0.5, 0.6) is 0 Å². The first-order chi connectivity index (χ1) is 6.76. The smallest absolute Gasteiger partial charge is 0.0696 e. The molecule has 2 aromatic rings. The van der Waals surface area contributed by atoms with Crippen LogP contribution in [-0.4, -0.2) is 5.11 Å². The largest absolute Gasteiger partial charge is 0.392 e. The summed E-state index contributed by atoms with van der Waals surface area (Å²) in [6.07, 6.45) is 0. The maximum absolute atomic E-state index is 9.16. The molecule has 0 saturated carbocycles. The fourth-order valence-electron chi connectivity index (χ4n) is 1.44. The van der Waals surface area contributed by atoms with Crippen molar-refractivity contribution < 1.29 is 5.11 Å². The van der Waals surface area contributed by atoms with Crippen LogP contribution in [0.15, 0.2) is 17.5 Å². The first-order valence-electron chi connectivity index (χ1n) is 4.11. The average Bonchev–Trinajstić information content (AvgIpc) is 2.59. The summed E-state index contributed by atoms with van der Waals surface area (Å²) in [7, 11) is 0. The van der Waals surface area contributed by atoms with Crippen LogP contribution in [0.25, 0.3) is 10.1 Å². The lowest BCUT2D eigenvalue weighted by atomic mass is 10.1. The van der Waals surface area contributed by atoms with Gasteiger partial charge in [-0.05, 0) is 34.0 Å². The quantitative estimate of drug-likeness (QED) is 0.800. The number of alkyl halides is 1. The molecule has 2 rings (SSSR count). The summed E-state index contributed by atoms with van der Waals surface area (Å²) in [4.78, 5) is 0. The van der Waals surface area contributed by atoms with Gasteiger partial charge in [-0.2, -0.15) is 0 Å². The van der Waals surface area contributed by atoms with E-state index in [1.54, 1.807) is 17.4 Å². The van der Waals surface area contributed by atoms with Gasteiger partial charge in [0, 0.05) is 15.6 Å². The summed E-state index contributed by atoms with van der Waals surface area (Å²) >= 11 is 13.3. The Hall–Kier alpha value is -0.280. The van der Waals surface area contributed by atoms with Gasteiger partial charge in [0.1, 0.15) is 0 Å². The number of hydrogen-bond donors (Lipinski definition) is 1. The highest BCUT2D eigenvalue weighted by molar-refractivity contribution is 7.17. The van der Waals surface area contributed by atoms with Crippen LogP contribution < -0.4 is 0 Å². The molecule has 0 radical (unpaired) electrons. The summed E-state index contributed by atoms with van der Waals surface area (Å²) in [6, 6.07) is 3.68. The van der Waals surface area contributed by atoms with Crippen LogP contribution in [0.2, 0.25) is 5.02 Å². The van der Waals surface area contributed by atoms with Crippen LogP contribution in [0.1, 0.15) is 11.1 Å². The number of thiophene rings is 1. The molecule has 0 atom stereocenters. The van der Waals surface area contributed by atoms with E-state index in [1.165, 1.54) is 0 Å². The van der Waals surface area contributed by atoms with Gasteiger partial charge in [-0.25, -0.2) is 0 Å². The summed E-state index contributed by atoms with van der Waals surface area (Å²) in [5.41, 5.74) is 1.94. The number of benzene rings is 1. The van der Waals surface area contributed by atoms with Crippen molar-refractivity contribution in [3.05, 3.63) is 33.7 Å². The van der Waals surface area contributed by atoms with Crippen LogP contribution in [0.4, 0.5) is 0 Å². The molecule has 1 N–H and O–H groups in total. The van der Waals surface area contributed by atoms with Crippen molar-refractivity contribution in [2.45, 2.75) is 12.5 Å². The average molecular weight is 247 g/mol. The summed E-state index contributed by atoms with van der Waals surface area (Å²) in [6.45, 7) is 0.0132. The standard InChI is InChI=1S/C10H8Cl2OS/c11-3-7-5-14-10-6(4-13)1-8(12)2-9(7)10/h1-2,5,13H,3-4H2. The van der Waals surface area contributed by atoms with Gasteiger partial charge in [-0.3, -0.25) is 0 Å². The molecular formula is C10H8Cl2OS. The predicted octanol–water partition coefficient (Wildman–Crippen LogP) is 3.79. The Morgan fingerprint density at radius 1 is 1.29 bits per heavy atom.